The summed E-state index contributed by atoms with van der Waals surface area (Å²) in [5.41, 5.74) is 1.29. The number of hydrogen-bond acceptors (Lipinski definition) is 4. The van der Waals surface area contributed by atoms with Crippen molar-refractivity contribution in [2.24, 2.45) is 0 Å². The Hall–Kier alpha value is -1.10. The number of aromatic nitrogens is 1. The maximum absolute atomic E-state index is 5.81. The lowest BCUT2D eigenvalue weighted by Crippen LogP contribution is -2.16. The topological polar surface area (TPSA) is 34.1 Å². The first-order chi connectivity index (χ1) is 8.78. The molecule has 0 bridgehead atoms. The van der Waals surface area contributed by atoms with E-state index in [0.717, 1.165) is 34.6 Å². The van der Waals surface area contributed by atoms with Gasteiger partial charge in [-0.1, -0.05) is 23.7 Å². The van der Waals surface area contributed by atoms with E-state index in [-0.39, 0.29) is 0 Å². The number of halogens is 1. The summed E-state index contributed by atoms with van der Waals surface area (Å²) in [7, 11) is 1.68. The average molecular weight is 283 g/mol. The normalized spacial score (nSPS) is 10.6. The minimum absolute atomic E-state index is 0.738. The molecule has 1 N–H and O–H groups in total. The maximum Gasteiger partial charge on any atom is 0.118 e. The highest BCUT2D eigenvalue weighted by Gasteiger charge is 1.99. The minimum Gasteiger partial charge on any atom is -0.497 e. The molecule has 96 valence electrons. The molecule has 1 heterocycles. The van der Waals surface area contributed by atoms with Crippen molar-refractivity contribution in [3.8, 4) is 5.75 Å². The Morgan fingerprint density at radius 2 is 2.11 bits per heavy atom. The average Bonchev–Trinajstić information content (AvgIpc) is 2.81. The third-order valence-electron chi connectivity index (χ3n) is 2.55. The first kappa shape index (κ1) is 13.3. The molecule has 2 rings (SSSR count). The van der Waals surface area contributed by atoms with Gasteiger partial charge in [-0.2, -0.15) is 0 Å². The van der Waals surface area contributed by atoms with E-state index in [0.29, 0.717) is 0 Å². The molecule has 0 saturated carbocycles. The Bertz CT molecular complexity index is 484. The van der Waals surface area contributed by atoms with Gasteiger partial charge in [-0.15, -0.1) is 11.3 Å². The first-order valence-electron chi connectivity index (χ1n) is 5.72. The Labute approximate surface area is 116 Å². The molecule has 2 aromatic rings. The van der Waals surface area contributed by atoms with Crippen molar-refractivity contribution >= 4 is 22.9 Å². The number of nitrogens with one attached hydrogen (secondary N) is 1. The second-order valence-corrected chi connectivity index (χ2v) is 5.58. The van der Waals surface area contributed by atoms with E-state index in [1.807, 2.05) is 12.1 Å². The zero-order valence-corrected chi connectivity index (χ0v) is 11.7. The number of methoxy groups -OCH3 is 1. The highest BCUT2D eigenvalue weighted by Crippen LogP contribution is 2.17. The molecule has 1 aromatic heterocycles. The summed E-state index contributed by atoms with van der Waals surface area (Å²) in [5, 5.41) is 4.37. The molecule has 0 unspecified atom stereocenters. The van der Waals surface area contributed by atoms with Gasteiger partial charge in [0.05, 0.1) is 13.3 Å². The zero-order chi connectivity index (χ0) is 12.8. The molecule has 0 spiro atoms. The van der Waals surface area contributed by atoms with Crippen LogP contribution in [0.4, 0.5) is 0 Å². The molecule has 1 aromatic carbocycles. The number of thiazole rings is 1. The Kier molecular flexibility index (Phi) is 4.99. The van der Waals surface area contributed by atoms with Crippen LogP contribution in [0.3, 0.4) is 0 Å². The molecule has 0 aliphatic rings. The minimum atomic E-state index is 0.738. The van der Waals surface area contributed by atoms with Crippen molar-refractivity contribution in [2.45, 2.75) is 13.0 Å². The summed E-state index contributed by atoms with van der Waals surface area (Å²) >= 11 is 7.33. The van der Waals surface area contributed by atoms with Crippen molar-refractivity contribution in [1.29, 1.82) is 0 Å². The van der Waals surface area contributed by atoms with Gasteiger partial charge in [-0.3, -0.25) is 0 Å². The van der Waals surface area contributed by atoms with Crippen molar-refractivity contribution in [3.05, 3.63) is 45.4 Å². The summed E-state index contributed by atoms with van der Waals surface area (Å²) in [6.07, 6.45) is 2.68. The van der Waals surface area contributed by atoms with E-state index in [1.165, 1.54) is 16.9 Å². The van der Waals surface area contributed by atoms with E-state index in [1.54, 1.807) is 13.3 Å². The van der Waals surface area contributed by atoms with Crippen LogP contribution in [0.5, 0.6) is 5.75 Å². The van der Waals surface area contributed by atoms with Gasteiger partial charge in [0, 0.05) is 6.54 Å². The van der Waals surface area contributed by atoms with E-state index in [2.05, 4.69) is 22.4 Å². The smallest absolute Gasteiger partial charge is 0.118 e. The van der Waals surface area contributed by atoms with Gasteiger partial charge in [-0.25, -0.2) is 4.98 Å². The van der Waals surface area contributed by atoms with Crippen LogP contribution >= 0.6 is 22.9 Å². The molecule has 0 aliphatic heterocycles. The van der Waals surface area contributed by atoms with Crippen LogP contribution in [-0.4, -0.2) is 18.6 Å². The van der Waals surface area contributed by atoms with Crippen molar-refractivity contribution in [1.82, 2.24) is 10.3 Å². The lowest BCUT2D eigenvalue weighted by molar-refractivity contribution is 0.414. The van der Waals surface area contributed by atoms with Crippen molar-refractivity contribution in [3.63, 3.8) is 0 Å². The fourth-order valence-corrected chi connectivity index (χ4v) is 2.52. The second kappa shape index (κ2) is 6.73. The highest BCUT2D eigenvalue weighted by atomic mass is 35.5. The summed E-state index contributed by atoms with van der Waals surface area (Å²) in [4.78, 5) is 4.19. The summed E-state index contributed by atoms with van der Waals surface area (Å²) in [5.74, 6) is 0.893. The Balaban J connectivity index is 1.71. The standard InChI is InChI=1S/C13H15ClN2OS/c1-17-11-4-2-10(3-5-11)6-7-15-9-13-16-8-12(14)18-13/h2-5,8,15H,6-7,9H2,1H3. The maximum atomic E-state index is 5.81. The van der Waals surface area contributed by atoms with E-state index < -0.39 is 0 Å². The largest absolute Gasteiger partial charge is 0.497 e. The Morgan fingerprint density at radius 1 is 1.33 bits per heavy atom. The van der Waals surface area contributed by atoms with Gasteiger partial charge in [0.15, 0.2) is 0 Å². The van der Waals surface area contributed by atoms with Gasteiger partial charge in [0.2, 0.25) is 0 Å². The lowest BCUT2D eigenvalue weighted by atomic mass is 10.1. The van der Waals surface area contributed by atoms with E-state index >= 15 is 0 Å². The molecule has 0 fully saturated rings. The van der Waals surface area contributed by atoms with Gasteiger partial charge in [-0.05, 0) is 30.7 Å². The molecule has 0 radical (unpaired) electrons. The molecule has 5 heteroatoms. The molecular weight excluding hydrogens is 268 g/mol. The fraction of sp³-hybridized carbons (Fsp3) is 0.308. The summed E-state index contributed by atoms with van der Waals surface area (Å²) in [6, 6.07) is 8.13. The van der Waals surface area contributed by atoms with E-state index in [4.69, 9.17) is 16.3 Å². The zero-order valence-electron chi connectivity index (χ0n) is 10.1. The number of ether oxygens (including phenoxy) is 1. The monoisotopic (exact) mass is 282 g/mol. The molecule has 3 nitrogen and oxygen atoms in total. The van der Waals surface area contributed by atoms with Crippen LogP contribution in [0.2, 0.25) is 4.34 Å². The molecular formula is C13H15ClN2OS. The SMILES string of the molecule is COc1ccc(CCNCc2ncc(Cl)s2)cc1. The van der Waals surface area contributed by atoms with Crippen LogP contribution in [0.15, 0.2) is 30.5 Å². The van der Waals surface area contributed by atoms with Crippen molar-refractivity contribution in [2.75, 3.05) is 13.7 Å². The van der Waals surface area contributed by atoms with Crippen LogP contribution in [0.25, 0.3) is 0 Å². The van der Waals surface area contributed by atoms with Gasteiger partial charge in [0.25, 0.3) is 0 Å². The molecule has 0 aliphatic carbocycles. The number of rotatable bonds is 6. The molecule has 0 amide bonds. The molecule has 18 heavy (non-hydrogen) atoms. The predicted octanol–water partition coefficient (Wildman–Crippen LogP) is 3.14. The summed E-state index contributed by atoms with van der Waals surface area (Å²) in [6.45, 7) is 1.69. The van der Waals surface area contributed by atoms with E-state index in [9.17, 15) is 0 Å². The number of benzene rings is 1. The number of nitrogens with zero attached hydrogens (tertiary/aromatic N) is 1. The van der Waals surface area contributed by atoms with Gasteiger partial charge < -0.3 is 10.1 Å². The molecule has 0 atom stereocenters. The molecule has 0 saturated heterocycles. The number of hydrogen-bond donors (Lipinski definition) is 1. The Morgan fingerprint density at radius 3 is 2.72 bits per heavy atom. The first-order valence-corrected chi connectivity index (χ1v) is 6.91. The lowest BCUT2D eigenvalue weighted by Gasteiger charge is -2.04. The van der Waals surface area contributed by atoms with Gasteiger partial charge in [0.1, 0.15) is 15.1 Å². The van der Waals surface area contributed by atoms with Crippen molar-refractivity contribution < 1.29 is 4.74 Å². The van der Waals surface area contributed by atoms with Crippen LogP contribution in [0.1, 0.15) is 10.6 Å². The quantitative estimate of drug-likeness (QED) is 0.827. The third-order valence-corrected chi connectivity index (χ3v) is 3.67. The highest BCUT2D eigenvalue weighted by molar-refractivity contribution is 7.15. The van der Waals surface area contributed by atoms with Gasteiger partial charge >= 0.3 is 0 Å². The van der Waals surface area contributed by atoms with Crippen LogP contribution in [-0.2, 0) is 13.0 Å². The fourth-order valence-electron chi connectivity index (χ4n) is 1.59. The third kappa shape index (κ3) is 3.98. The van der Waals surface area contributed by atoms with Crippen LogP contribution < -0.4 is 10.1 Å². The summed E-state index contributed by atoms with van der Waals surface area (Å²) < 4.78 is 5.86. The second-order valence-electron chi connectivity index (χ2n) is 3.83. The predicted molar refractivity (Wildman–Crippen MR) is 75.5 cm³/mol. The van der Waals surface area contributed by atoms with Crippen LogP contribution in [0, 0.1) is 0 Å².